The van der Waals surface area contributed by atoms with Gasteiger partial charge in [-0.15, -0.1) is 0 Å². The molecule has 5 nitrogen and oxygen atoms in total. The first-order valence-electron chi connectivity index (χ1n) is 8.79. The van der Waals surface area contributed by atoms with Crippen molar-refractivity contribution in [1.29, 1.82) is 0 Å². The summed E-state index contributed by atoms with van der Waals surface area (Å²) in [6, 6.07) is 10.7. The molecule has 1 aliphatic carbocycles. The summed E-state index contributed by atoms with van der Waals surface area (Å²) >= 11 is 6.12. The Labute approximate surface area is 160 Å². The minimum Gasteiger partial charge on any atom is -0.484 e. The Hall–Kier alpha value is -2.79. The van der Waals surface area contributed by atoms with Crippen molar-refractivity contribution in [3.63, 3.8) is 0 Å². The number of carbonyl (C=O) groups excluding carboxylic acids is 1. The van der Waals surface area contributed by atoms with Gasteiger partial charge in [0.2, 0.25) is 0 Å². The molecule has 2 aromatic carbocycles. The lowest BCUT2D eigenvalue weighted by molar-refractivity contribution is -0.118. The highest BCUT2D eigenvalue weighted by Gasteiger charge is 2.19. The molecule has 0 unspecified atom stereocenters. The van der Waals surface area contributed by atoms with Crippen LogP contribution in [0.5, 0.6) is 5.75 Å². The first-order valence-corrected chi connectivity index (χ1v) is 9.16. The number of fused-ring (bicyclic) bond motifs is 3. The van der Waals surface area contributed by atoms with E-state index in [9.17, 15) is 9.59 Å². The Kier molecular flexibility index (Phi) is 4.62. The van der Waals surface area contributed by atoms with Gasteiger partial charge in [-0.05, 0) is 61.6 Å². The summed E-state index contributed by atoms with van der Waals surface area (Å²) in [6.45, 7) is 1.75. The van der Waals surface area contributed by atoms with Gasteiger partial charge in [0, 0.05) is 17.0 Å². The second-order valence-electron chi connectivity index (χ2n) is 6.68. The van der Waals surface area contributed by atoms with Gasteiger partial charge >= 0.3 is 5.63 Å². The number of halogens is 1. The number of anilines is 1. The molecule has 1 heterocycles. The van der Waals surface area contributed by atoms with Gasteiger partial charge in [0.25, 0.3) is 5.91 Å². The third-order valence-electron chi connectivity index (χ3n) is 4.71. The van der Waals surface area contributed by atoms with E-state index in [1.54, 1.807) is 24.3 Å². The van der Waals surface area contributed by atoms with Gasteiger partial charge in [-0.1, -0.05) is 17.7 Å². The van der Waals surface area contributed by atoms with Crippen LogP contribution in [0.4, 0.5) is 5.69 Å². The second-order valence-corrected chi connectivity index (χ2v) is 7.09. The third-order valence-corrected chi connectivity index (χ3v) is 5.03. The Balaban J connectivity index is 1.48. The van der Waals surface area contributed by atoms with Crippen molar-refractivity contribution in [3.05, 3.63) is 68.5 Å². The molecule has 0 fully saturated rings. The van der Waals surface area contributed by atoms with Crippen molar-refractivity contribution >= 4 is 34.2 Å². The zero-order chi connectivity index (χ0) is 19.0. The van der Waals surface area contributed by atoms with Crippen LogP contribution in [-0.4, -0.2) is 12.5 Å². The van der Waals surface area contributed by atoms with Crippen molar-refractivity contribution in [2.75, 3.05) is 11.9 Å². The van der Waals surface area contributed by atoms with Crippen LogP contribution in [0.15, 0.2) is 45.6 Å². The minimum atomic E-state index is -0.323. The molecule has 0 aliphatic heterocycles. The number of benzene rings is 2. The van der Waals surface area contributed by atoms with Gasteiger partial charge < -0.3 is 14.5 Å². The summed E-state index contributed by atoms with van der Waals surface area (Å²) in [6.07, 6.45) is 2.63. The van der Waals surface area contributed by atoms with Crippen LogP contribution in [-0.2, 0) is 17.6 Å². The molecule has 6 heteroatoms. The fourth-order valence-electron chi connectivity index (χ4n) is 3.41. The number of ether oxygens (including phenoxy) is 1. The van der Waals surface area contributed by atoms with Crippen molar-refractivity contribution in [3.8, 4) is 5.75 Å². The predicted octanol–water partition coefficient (Wildman–Crippen LogP) is 4.26. The molecule has 1 aliphatic rings. The fraction of sp³-hybridized carbons (Fsp3) is 0.238. The van der Waals surface area contributed by atoms with Gasteiger partial charge in [0.05, 0.1) is 10.7 Å². The number of nitrogens with one attached hydrogen (secondary N) is 1. The van der Waals surface area contributed by atoms with Gasteiger partial charge in [0.1, 0.15) is 11.3 Å². The molecule has 0 atom stereocenters. The number of rotatable bonds is 4. The number of hydrogen-bond donors (Lipinski definition) is 1. The molecule has 4 rings (SSSR count). The largest absolute Gasteiger partial charge is 0.484 e. The molecule has 0 radical (unpaired) electrons. The quantitative estimate of drug-likeness (QED) is 0.683. The van der Waals surface area contributed by atoms with Crippen LogP contribution in [0.1, 0.15) is 23.1 Å². The van der Waals surface area contributed by atoms with E-state index in [1.165, 1.54) is 0 Å². The number of hydrogen-bond acceptors (Lipinski definition) is 4. The molecule has 0 saturated heterocycles. The van der Waals surface area contributed by atoms with E-state index < -0.39 is 0 Å². The molecule has 1 aromatic heterocycles. The van der Waals surface area contributed by atoms with Gasteiger partial charge in [-0.25, -0.2) is 4.79 Å². The maximum absolute atomic E-state index is 12.1. The molecule has 0 spiro atoms. The third kappa shape index (κ3) is 3.55. The van der Waals surface area contributed by atoms with Crippen LogP contribution in [0.2, 0.25) is 5.02 Å². The maximum Gasteiger partial charge on any atom is 0.339 e. The topological polar surface area (TPSA) is 68.5 Å². The first kappa shape index (κ1) is 17.6. The summed E-state index contributed by atoms with van der Waals surface area (Å²) in [4.78, 5) is 24.2. The van der Waals surface area contributed by atoms with Crippen LogP contribution in [0, 0.1) is 6.92 Å². The number of carbonyl (C=O) groups is 1. The SMILES string of the molecule is Cc1ccc(NC(=O)COc2ccc3c4c(c(=O)oc3c2)CCC4)c(Cl)c1. The van der Waals surface area contributed by atoms with Crippen molar-refractivity contribution in [2.24, 2.45) is 0 Å². The average Bonchev–Trinajstić information content (AvgIpc) is 3.13. The molecule has 0 saturated carbocycles. The highest BCUT2D eigenvalue weighted by Crippen LogP contribution is 2.29. The predicted molar refractivity (Wildman–Crippen MR) is 105 cm³/mol. The Morgan fingerprint density at radius 1 is 1.19 bits per heavy atom. The fourth-order valence-corrected chi connectivity index (χ4v) is 3.69. The van der Waals surface area contributed by atoms with Crippen LogP contribution >= 0.6 is 11.6 Å². The highest BCUT2D eigenvalue weighted by atomic mass is 35.5. The monoisotopic (exact) mass is 383 g/mol. The number of amides is 1. The van der Waals surface area contributed by atoms with Crippen LogP contribution < -0.4 is 15.7 Å². The summed E-state index contributed by atoms with van der Waals surface area (Å²) in [5.74, 6) is 0.144. The molecule has 1 N–H and O–H groups in total. The second kappa shape index (κ2) is 7.08. The van der Waals surface area contributed by atoms with E-state index in [0.717, 1.165) is 41.3 Å². The Morgan fingerprint density at radius 2 is 2.00 bits per heavy atom. The van der Waals surface area contributed by atoms with E-state index in [2.05, 4.69) is 5.32 Å². The molecule has 138 valence electrons. The molecule has 3 aromatic rings. The minimum absolute atomic E-state index is 0.176. The lowest BCUT2D eigenvalue weighted by atomic mass is 10.1. The highest BCUT2D eigenvalue weighted by molar-refractivity contribution is 6.33. The number of aryl methyl sites for hydroxylation is 2. The standard InChI is InChI=1S/C21H18ClNO4/c1-12-5-8-18(17(22)9-12)23-20(24)11-26-13-6-7-15-14-3-2-4-16(14)21(25)27-19(15)10-13/h5-10H,2-4,11H2,1H3,(H,23,24). The molecule has 1 amide bonds. The van der Waals surface area contributed by atoms with Crippen LogP contribution in [0.25, 0.3) is 11.0 Å². The summed E-state index contributed by atoms with van der Waals surface area (Å²) in [5, 5.41) is 4.13. The van der Waals surface area contributed by atoms with E-state index in [4.69, 9.17) is 20.8 Å². The lowest BCUT2D eigenvalue weighted by Gasteiger charge is -2.10. The molecular formula is C21H18ClNO4. The lowest BCUT2D eigenvalue weighted by Crippen LogP contribution is -2.20. The van der Waals surface area contributed by atoms with E-state index in [1.807, 2.05) is 19.1 Å². The summed E-state index contributed by atoms with van der Waals surface area (Å²) < 4.78 is 11.0. The normalized spacial score (nSPS) is 12.8. The van der Waals surface area contributed by atoms with E-state index >= 15 is 0 Å². The summed E-state index contributed by atoms with van der Waals surface area (Å²) in [7, 11) is 0. The van der Waals surface area contributed by atoms with Gasteiger partial charge in [-0.2, -0.15) is 0 Å². The van der Waals surface area contributed by atoms with Gasteiger partial charge in [0.15, 0.2) is 6.61 Å². The molecule has 0 bridgehead atoms. The zero-order valence-electron chi connectivity index (χ0n) is 14.8. The van der Waals surface area contributed by atoms with Crippen molar-refractivity contribution in [2.45, 2.75) is 26.2 Å². The van der Waals surface area contributed by atoms with Gasteiger partial charge in [-0.3, -0.25) is 4.79 Å². The summed E-state index contributed by atoms with van der Waals surface area (Å²) in [5.41, 5.74) is 3.61. The molecule has 27 heavy (non-hydrogen) atoms. The van der Waals surface area contributed by atoms with Crippen LogP contribution in [0.3, 0.4) is 0 Å². The Morgan fingerprint density at radius 3 is 2.81 bits per heavy atom. The zero-order valence-corrected chi connectivity index (χ0v) is 15.6. The first-order chi connectivity index (χ1) is 13.0. The maximum atomic E-state index is 12.1. The van der Waals surface area contributed by atoms with E-state index in [0.29, 0.717) is 22.0 Å². The molecular weight excluding hydrogens is 366 g/mol. The smallest absolute Gasteiger partial charge is 0.339 e. The van der Waals surface area contributed by atoms with Crippen molar-refractivity contribution < 1.29 is 13.9 Å². The van der Waals surface area contributed by atoms with Crippen molar-refractivity contribution in [1.82, 2.24) is 0 Å². The Bertz CT molecular complexity index is 1100. The average molecular weight is 384 g/mol. The van der Waals surface area contributed by atoms with E-state index in [-0.39, 0.29) is 18.1 Å².